The minimum absolute atomic E-state index is 0.308. The summed E-state index contributed by atoms with van der Waals surface area (Å²) in [6.45, 7) is 8.36. The van der Waals surface area contributed by atoms with Gasteiger partial charge in [-0.2, -0.15) is 4.31 Å². The van der Waals surface area contributed by atoms with Crippen LogP contribution in [0.5, 0.6) is 5.75 Å². The maximum absolute atomic E-state index is 13.8. The normalized spacial score (nSPS) is 19.2. The predicted molar refractivity (Wildman–Crippen MR) is 127 cm³/mol. The quantitative estimate of drug-likeness (QED) is 0.634. The van der Waals surface area contributed by atoms with Gasteiger partial charge in [-0.15, -0.1) is 0 Å². The molecule has 2 aromatic carbocycles. The summed E-state index contributed by atoms with van der Waals surface area (Å²) in [5, 5.41) is 4.51. The van der Waals surface area contributed by atoms with Crippen LogP contribution >= 0.6 is 0 Å². The Morgan fingerprint density at radius 2 is 1.81 bits per heavy atom. The van der Waals surface area contributed by atoms with Crippen LogP contribution in [0, 0.1) is 0 Å². The van der Waals surface area contributed by atoms with E-state index in [1.165, 1.54) is 10.9 Å². The van der Waals surface area contributed by atoms with Gasteiger partial charge in [-0.3, -0.25) is 0 Å². The number of aromatic amines is 1. The van der Waals surface area contributed by atoms with Crippen LogP contribution in [-0.4, -0.2) is 57.5 Å². The van der Waals surface area contributed by atoms with Crippen molar-refractivity contribution in [2.75, 3.05) is 44.7 Å². The number of rotatable bonds is 4. The third-order valence-electron chi connectivity index (χ3n) is 6.61. The zero-order valence-corrected chi connectivity index (χ0v) is 19.6. The van der Waals surface area contributed by atoms with Crippen molar-refractivity contribution >= 4 is 26.6 Å². The summed E-state index contributed by atoms with van der Waals surface area (Å²) in [6, 6.07) is 13.4. The lowest BCUT2D eigenvalue weighted by Crippen LogP contribution is -2.45. The monoisotopic (exact) mass is 454 g/mol. The van der Waals surface area contributed by atoms with Gasteiger partial charge in [0.15, 0.2) is 0 Å². The summed E-state index contributed by atoms with van der Waals surface area (Å²) in [5.41, 5.74) is 3.76. The number of anilines is 1. The van der Waals surface area contributed by atoms with Crippen molar-refractivity contribution in [1.29, 1.82) is 0 Å². The first-order valence-corrected chi connectivity index (χ1v) is 12.5. The molecule has 0 unspecified atom stereocenters. The first-order chi connectivity index (χ1) is 15.3. The number of nitrogens with one attached hydrogen (secondary N) is 2. The maximum atomic E-state index is 13.8. The van der Waals surface area contributed by atoms with E-state index < -0.39 is 10.0 Å². The van der Waals surface area contributed by atoms with Crippen LogP contribution in [0.15, 0.2) is 47.4 Å². The third-order valence-corrected chi connectivity index (χ3v) is 8.40. The number of hydrogen-bond acceptors (Lipinski definition) is 5. The number of fused-ring (bicyclic) bond motifs is 3. The average molecular weight is 455 g/mol. The van der Waals surface area contributed by atoms with E-state index in [9.17, 15) is 8.42 Å². The van der Waals surface area contributed by atoms with Crippen LogP contribution in [0.1, 0.15) is 25.1 Å². The number of sulfonamides is 1. The highest BCUT2D eigenvalue weighted by Crippen LogP contribution is 2.41. The van der Waals surface area contributed by atoms with E-state index in [0.29, 0.717) is 23.7 Å². The standard InChI is InChI=1S/C24H30N4O3S/c1-24(2)16-28(15-20-23(24)18-6-4-5-7-19(18)26-20)32(29,30)17-8-9-22(31-3)21(14-17)27-12-10-25-11-13-27/h4-9,14,25-26H,10-13,15-16H2,1-3H3. The summed E-state index contributed by atoms with van der Waals surface area (Å²) < 4.78 is 34.7. The minimum atomic E-state index is -3.68. The molecule has 0 amide bonds. The molecule has 0 spiro atoms. The van der Waals surface area contributed by atoms with Gasteiger partial charge in [-0.05, 0) is 29.8 Å². The minimum Gasteiger partial charge on any atom is -0.495 e. The number of H-pyrrole nitrogens is 1. The molecule has 0 atom stereocenters. The number of para-hydroxylation sites is 1. The predicted octanol–water partition coefficient (Wildman–Crippen LogP) is 3.07. The molecule has 0 radical (unpaired) electrons. The van der Waals surface area contributed by atoms with Crippen LogP contribution in [0.4, 0.5) is 5.69 Å². The fraction of sp³-hybridized carbons (Fsp3) is 0.417. The van der Waals surface area contributed by atoms with E-state index in [2.05, 4.69) is 35.1 Å². The van der Waals surface area contributed by atoms with Crippen LogP contribution in [-0.2, 0) is 22.0 Å². The van der Waals surface area contributed by atoms with Crippen molar-refractivity contribution in [2.24, 2.45) is 0 Å². The fourth-order valence-electron chi connectivity index (χ4n) is 5.14. The van der Waals surface area contributed by atoms with Crippen molar-refractivity contribution in [3.63, 3.8) is 0 Å². The molecule has 3 heterocycles. The summed E-state index contributed by atoms with van der Waals surface area (Å²) in [4.78, 5) is 5.96. The summed E-state index contributed by atoms with van der Waals surface area (Å²) >= 11 is 0. The second kappa shape index (κ2) is 7.79. The van der Waals surface area contributed by atoms with Crippen LogP contribution in [0.3, 0.4) is 0 Å². The molecule has 0 bridgehead atoms. The number of ether oxygens (including phenoxy) is 1. The zero-order chi connectivity index (χ0) is 22.5. The molecule has 1 saturated heterocycles. The number of methoxy groups -OCH3 is 1. The Balaban J connectivity index is 1.54. The Labute approximate surface area is 189 Å². The topological polar surface area (TPSA) is 77.7 Å². The van der Waals surface area contributed by atoms with Gasteiger partial charge in [-0.1, -0.05) is 32.0 Å². The molecule has 5 rings (SSSR count). The summed E-state index contributed by atoms with van der Waals surface area (Å²) in [6.07, 6.45) is 0. The lowest BCUT2D eigenvalue weighted by atomic mass is 9.80. The Hall–Kier alpha value is -2.55. The molecule has 2 aliphatic rings. The molecule has 2 aliphatic heterocycles. The number of piperazine rings is 1. The van der Waals surface area contributed by atoms with Gasteiger partial charge in [0.05, 0.1) is 24.2 Å². The average Bonchev–Trinajstić information content (AvgIpc) is 3.18. The largest absolute Gasteiger partial charge is 0.495 e. The third kappa shape index (κ3) is 3.46. The molecule has 2 N–H and O–H groups in total. The molecule has 170 valence electrons. The Bertz CT molecular complexity index is 1260. The number of nitrogens with zero attached hydrogens (tertiary/aromatic N) is 2. The highest BCUT2D eigenvalue weighted by Gasteiger charge is 2.40. The van der Waals surface area contributed by atoms with E-state index in [1.807, 2.05) is 18.2 Å². The smallest absolute Gasteiger partial charge is 0.243 e. The van der Waals surface area contributed by atoms with Crippen molar-refractivity contribution in [3.05, 3.63) is 53.7 Å². The molecule has 8 heteroatoms. The van der Waals surface area contributed by atoms with Gasteiger partial charge < -0.3 is 19.9 Å². The fourth-order valence-corrected chi connectivity index (χ4v) is 6.73. The lowest BCUT2D eigenvalue weighted by molar-refractivity contribution is 0.299. The van der Waals surface area contributed by atoms with Crippen LogP contribution in [0.25, 0.3) is 10.9 Å². The van der Waals surface area contributed by atoms with E-state index in [1.54, 1.807) is 29.6 Å². The van der Waals surface area contributed by atoms with Gasteiger partial charge in [0.25, 0.3) is 0 Å². The molecule has 32 heavy (non-hydrogen) atoms. The number of benzene rings is 2. The first kappa shape index (κ1) is 21.3. The Morgan fingerprint density at radius 1 is 1.06 bits per heavy atom. The van der Waals surface area contributed by atoms with Crippen LogP contribution < -0.4 is 15.0 Å². The zero-order valence-electron chi connectivity index (χ0n) is 18.8. The highest BCUT2D eigenvalue weighted by molar-refractivity contribution is 7.89. The van der Waals surface area contributed by atoms with Gasteiger partial charge >= 0.3 is 0 Å². The van der Waals surface area contributed by atoms with Gasteiger partial charge in [0.1, 0.15) is 5.75 Å². The van der Waals surface area contributed by atoms with E-state index in [4.69, 9.17) is 4.74 Å². The molecule has 1 aromatic heterocycles. The maximum Gasteiger partial charge on any atom is 0.243 e. The highest BCUT2D eigenvalue weighted by atomic mass is 32.2. The molecule has 1 fully saturated rings. The molecular weight excluding hydrogens is 424 g/mol. The van der Waals surface area contributed by atoms with Crippen molar-refractivity contribution in [2.45, 2.75) is 30.7 Å². The summed E-state index contributed by atoms with van der Waals surface area (Å²) in [7, 11) is -2.06. The Morgan fingerprint density at radius 3 is 2.56 bits per heavy atom. The SMILES string of the molecule is COc1ccc(S(=O)(=O)N2Cc3[nH]c4ccccc4c3C(C)(C)C2)cc1N1CCNCC1. The number of hydrogen-bond donors (Lipinski definition) is 2. The van der Waals surface area contributed by atoms with E-state index >= 15 is 0 Å². The van der Waals surface area contributed by atoms with E-state index in [0.717, 1.165) is 43.1 Å². The molecule has 7 nitrogen and oxygen atoms in total. The van der Waals surface area contributed by atoms with Crippen molar-refractivity contribution in [1.82, 2.24) is 14.6 Å². The van der Waals surface area contributed by atoms with E-state index in [-0.39, 0.29) is 5.41 Å². The Kier molecular flexibility index (Phi) is 5.19. The molecule has 0 aliphatic carbocycles. The van der Waals surface area contributed by atoms with Crippen molar-refractivity contribution < 1.29 is 13.2 Å². The van der Waals surface area contributed by atoms with Gasteiger partial charge in [0, 0.05) is 54.7 Å². The second-order valence-electron chi connectivity index (χ2n) is 9.25. The second-order valence-corrected chi connectivity index (χ2v) is 11.2. The molecular formula is C24H30N4O3S. The van der Waals surface area contributed by atoms with Gasteiger partial charge in [-0.25, -0.2) is 8.42 Å². The molecule has 0 saturated carbocycles. The lowest BCUT2D eigenvalue weighted by Gasteiger charge is -2.38. The molecule has 3 aromatic rings. The van der Waals surface area contributed by atoms with Crippen LogP contribution in [0.2, 0.25) is 0 Å². The summed E-state index contributed by atoms with van der Waals surface area (Å²) in [5.74, 6) is 0.697. The van der Waals surface area contributed by atoms with Gasteiger partial charge in [0.2, 0.25) is 10.0 Å². The first-order valence-electron chi connectivity index (χ1n) is 11.1. The number of aromatic nitrogens is 1. The van der Waals surface area contributed by atoms with Crippen molar-refractivity contribution in [3.8, 4) is 5.75 Å².